The number of carbonyl (C=O) groups is 1. The van der Waals surface area contributed by atoms with Gasteiger partial charge in [0.05, 0.1) is 5.69 Å². The van der Waals surface area contributed by atoms with E-state index in [1.807, 2.05) is 31.2 Å². The minimum atomic E-state index is -1.43. The van der Waals surface area contributed by atoms with Crippen LogP contribution in [0.1, 0.15) is 29.8 Å². The molecule has 0 bridgehead atoms. The van der Waals surface area contributed by atoms with Crippen LogP contribution in [0.2, 0.25) is 0 Å². The molecule has 0 amide bonds. The van der Waals surface area contributed by atoms with Gasteiger partial charge in [-0.05, 0) is 38.2 Å². The number of aromatic carboxylic acids is 1. The number of benzene rings is 1. The number of fused-ring (bicyclic) bond motifs is 1. The topological polar surface area (TPSA) is 96.9 Å². The minimum Gasteiger partial charge on any atom is -0.506 e. The van der Waals surface area contributed by atoms with Gasteiger partial charge in [0.15, 0.2) is 5.56 Å². The quantitative estimate of drug-likeness (QED) is 0.717. The second-order valence-corrected chi connectivity index (χ2v) is 8.64. The lowest BCUT2D eigenvalue weighted by Crippen LogP contribution is -2.33. The SMILES string of the molecule is CCc1c(-c2ccc(N3C[C@@H]4[C@@H](N(C)C)[C@]4(C)C3)cc2)[nH]c(=O)c(C(=O)O)c1O. The summed E-state index contributed by atoms with van der Waals surface area (Å²) < 4.78 is 0. The Bertz CT molecular complexity index is 1030. The van der Waals surface area contributed by atoms with Crippen LogP contribution < -0.4 is 10.5 Å². The maximum Gasteiger partial charge on any atom is 0.345 e. The van der Waals surface area contributed by atoms with Crippen molar-refractivity contribution in [2.75, 3.05) is 32.1 Å². The van der Waals surface area contributed by atoms with Crippen molar-refractivity contribution in [1.29, 1.82) is 0 Å². The van der Waals surface area contributed by atoms with Crippen molar-refractivity contribution in [3.05, 3.63) is 45.7 Å². The first-order valence-electron chi connectivity index (χ1n) is 9.92. The number of anilines is 1. The molecule has 1 aliphatic heterocycles. The molecule has 0 radical (unpaired) electrons. The number of aromatic nitrogens is 1. The Morgan fingerprint density at radius 1 is 1.31 bits per heavy atom. The maximum absolute atomic E-state index is 12.2. The van der Waals surface area contributed by atoms with Crippen molar-refractivity contribution < 1.29 is 15.0 Å². The van der Waals surface area contributed by atoms with E-state index in [0.717, 1.165) is 24.3 Å². The van der Waals surface area contributed by atoms with E-state index >= 15 is 0 Å². The molecule has 2 aromatic rings. The summed E-state index contributed by atoms with van der Waals surface area (Å²) in [7, 11) is 4.29. The Labute approximate surface area is 169 Å². The van der Waals surface area contributed by atoms with Crippen LogP contribution in [0.4, 0.5) is 5.69 Å². The first kappa shape index (κ1) is 19.5. The van der Waals surface area contributed by atoms with E-state index in [4.69, 9.17) is 0 Å². The summed E-state index contributed by atoms with van der Waals surface area (Å²) in [5.74, 6) is -1.21. The molecule has 3 atom stereocenters. The lowest BCUT2D eigenvalue weighted by molar-refractivity contribution is 0.0691. The number of piperidine rings is 1. The molecular formula is C22H27N3O4. The van der Waals surface area contributed by atoms with Crippen LogP contribution in [-0.2, 0) is 6.42 Å². The molecule has 154 valence electrons. The van der Waals surface area contributed by atoms with E-state index < -0.39 is 22.8 Å². The molecule has 7 heteroatoms. The van der Waals surface area contributed by atoms with E-state index in [1.54, 1.807) is 0 Å². The van der Waals surface area contributed by atoms with E-state index in [-0.39, 0.29) is 0 Å². The zero-order chi connectivity index (χ0) is 21.1. The van der Waals surface area contributed by atoms with Crippen LogP contribution in [0.5, 0.6) is 5.75 Å². The van der Waals surface area contributed by atoms with Crippen molar-refractivity contribution in [2.45, 2.75) is 26.3 Å². The van der Waals surface area contributed by atoms with Gasteiger partial charge in [0, 0.05) is 41.7 Å². The molecule has 7 nitrogen and oxygen atoms in total. The Morgan fingerprint density at radius 3 is 2.45 bits per heavy atom. The number of H-pyrrole nitrogens is 1. The Balaban J connectivity index is 1.62. The fraction of sp³-hybridized carbons (Fsp3) is 0.455. The normalized spacial score (nSPS) is 25.3. The number of hydrogen-bond donors (Lipinski definition) is 3. The monoisotopic (exact) mass is 397 g/mol. The summed E-state index contributed by atoms with van der Waals surface area (Å²) in [6, 6.07) is 8.51. The highest BCUT2D eigenvalue weighted by molar-refractivity contribution is 5.92. The number of aromatic hydroxyl groups is 1. The molecule has 1 saturated heterocycles. The summed E-state index contributed by atoms with van der Waals surface area (Å²) >= 11 is 0. The zero-order valence-corrected chi connectivity index (χ0v) is 17.2. The standard InChI is InChI=1S/C22H27N3O4/c1-5-14-17(23-20(27)16(18(14)26)21(28)29)12-6-8-13(9-7-12)25-10-15-19(24(3)4)22(15,2)11-25/h6-9,15,19H,5,10-11H2,1-4H3,(H,28,29)(H2,23,26,27)/t15-,19-,22-/m1/s1. The maximum atomic E-state index is 12.2. The van der Waals surface area contributed by atoms with Gasteiger partial charge >= 0.3 is 5.97 Å². The number of aromatic amines is 1. The first-order chi connectivity index (χ1) is 13.7. The summed E-state index contributed by atoms with van der Waals surface area (Å²) in [6.45, 7) is 6.21. The molecule has 0 spiro atoms. The summed E-state index contributed by atoms with van der Waals surface area (Å²) in [5.41, 5.74) is 1.70. The molecule has 2 heterocycles. The fourth-order valence-electron chi connectivity index (χ4n) is 5.27. The van der Waals surface area contributed by atoms with E-state index in [9.17, 15) is 19.8 Å². The third kappa shape index (κ3) is 2.92. The Hall–Kier alpha value is -2.80. The van der Waals surface area contributed by atoms with Gasteiger partial charge in [0.2, 0.25) is 0 Å². The summed E-state index contributed by atoms with van der Waals surface area (Å²) in [5, 5.41) is 19.5. The van der Waals surface area contributed by atoms with Gasteiger partial charge in [-0.3, -0.25) is 4.79 Å². The molecule has 29 heavy (non-hydrogen) atoms. The molecular weight excluding hydrogens is 370 g/mol. The van der Waals surface area contributed by atoms with Crippen LogP contribution in [0.3, 0.4) is 0 Å². The molecule has 2 aliphatic rings. The smallest absolute Gasteiger partial charge is 0.345 e. The van der Waals surface area contributed by atoms with Crippen molar-refractivity contribution in [3.63, 3.8) is 0 Å². The van der Waals surface area contributed by atoms with Gasteiger partial charge in [0.25, 0.3) is 5.56 Å². The fourth-order valence-corrected chi connectivity index (χ4v) is 5.27. The number of nitrogens with one attached hydrogen (secondary N) is 1. The molecule has 2 fully saturated rings. The molecule has 1 saturated carbocycles. The molecule has 0 unspecified atom stereocenters. The second-order valence-electron chi connectivity index (χ2n) is 8.64. The highest BCUT2D eigenvalue weighted by atomic mass is 16.4. The van der Waals surface area contributed by atoms with Crippen molar-refractivity contribution in [1.82, 2.24) is 9.88 Å². The molecule has 4 rings (SSSR count). The van der Waals surface area contributed by atoms with Gasteiger partial charge in [-0.15, -0.1) is 0 Å². The predicted octanol–water partition coefficient (Wildman–Crippen LogP) is 2.39. The number of carboxylic acid groups (broad SMARTS) is 1. The second kappa shape index (κ2) is 6.62. The highest BCUT2D eigenvalue weighted by Gasteiger charge is 2.66. The van der Waals surface area contributed by atoms with Gasteiger partial charge in [-0.1, -0.05) is 26.0 Å². The predicted molar refractivity (Wildman–Crippen MR) is 112 cm³/mol. The van der Waals surface area contributed by atoms with Crippen molar-refractivity contribution in [3.8, 4) is 17.0 Å². The number of rotatable bonds is 5. The van der Waals surface area contributed by atoms with Gasteiger partial charge in [0.1, 0.15) is 5.75 Å². The lowest BCUT2D eigenvalue weighted by atomic mass is 10.00. The van der Waals surface area contributed by atoms with Gasteiger partial charge < -0.3 is 25.0 Å². The van der Waals surface area contributed by atoms with Gasteiger partial charge in [-0.2, -0.15) is 0 Å². The molecule has 1 aromatic carbocycles. The number of carboxylic acids is 1. The number of hydrogen-bond acceptors (Lipinski definition) is 5. The Kier molecular flexibility index (Phi) is 4.46. The van der Waals surface area contributed by atoms with Crippen molar-refractivity contribution >= 4 is 11.7 Å². The minimum absolute atomic E-state index is 0.335. The highest BCUT2D eigenvalue weighted by Crippen LogP contribution is 2.60. The number of nitrogens with zero attached hydrogens (tertiary/aromatic N) is 2. The van der Waals surface area contributed by atoms with Crippen LogP contribution >= 0.6 is 0 Å². The number of pyridine rings is 1. The zero-order valence-electron chi connectivity index (χ0n) is 17.2. The average molecular weight is 397 g/mol. The van der Waals surface area contributed by atoms with Crippen LogP contribution in [0, 0.1) is 11.3 Å². The first-order valence-corrected chi connectivity index (χ1v) is 9.92. The third-order valence-corrected chi connectivity index (χ3v) is 6.68. The van der Waals surface area contributed by atoms with Crippen LogP contribution in [0.25, 0.3) is 11.3 Å². The molecule has 3 N–H and O–H groups in total. The largest absolute Gasteiger partial charge is 0.506 e. The average Bonchev–Trinajstić information content (AvgIpc) is 3.08. The van der Waals surface area contributed by atoms with Crippen LogP contribution in [-0.4, -0.2) is 59.3 Å². The summed E-state index contributed by atoms with van der Waals surface area (Å²) in [4.78, 5) is 30.8. The molecule has 1 aliphatic carbocycles. The third-order valence-electron chi connectivity index (χ3n) is 6.68. The molecule has 1 aromatic heterocycles. The van der Waals surface area contributed by atoms with E-state index in [2.05, 4.69) is 35.8 Å². The summed E-state index contributed by atoms with van der Waals surface area (Å²) in [6.07, 6.45) is 0.401. The lowest BCUT2D eigenvalue weighted by Gasteiger charge is -2.26. The van der Waals surface area contributed by atoms with Crippen LogP contribution in [0.15, 0.2) is 29.1 Å². The van der Waals surface area contributed by atoms with E-state index in [0.29, 0.717) is 35.1 Å². The van der Waals surface area contributed by atoms with E-state index in [1.165, 1.54) is 0 Å². The van der Waals surface area contributed by atoms with Crippen molar-refractivity contribution in [2.24, 2.45) is 11.3 Å². The van der Waals surface area contributed by atoms with Gasteiger partial charge in [-0.25, -0.2) is 4.79 Å². The Morgan fingerprint density at radius 2 is 1.97 bits per heavy atom.